The predicted molar refractivity (Wildman–Crippen MR) is 116 cm³/mol. The molecule has 0 radical (unpaired) electrons. The summed E-state index contributed by atoms with van der Waals surface area (Å²) >= 11 is 0. The van der Waals surface area contributed by atoms with Gasteiger partial charge in [-0.3, -0.25) is 15.1 Å². The van der Waals surface area contributed by atoms with Crippen molar-refractivity contribution in [3.8, 4) is 5.88 Å². The van der Waals surface area contributed by atoms with E-state index >= 15 is 0 Å². The number of hydrogen-bond acceptors (Lipinski definition) is 5. The number of urea groups is 1. The minimum atomic E-state index is -0.829. The van der Waals surface area contributed by atoms with Crippen LogP contribution in [0.5, 0.6) is 5.88 Å². The number of rotatable bonds is 4. The third-order valence-electron chi connectivity index (χ3n) is 5.31. The lowest BCUT2D eigenvalue weighted by Crippen LogP contribution is -2.55. The van der Waals surface area contributed by atoms with Crippen molar-refractivity contribution < 1.29 is 14.3 Å². The van der Waals surface area contributed by atoms with Crippen LogP contribution in [0.2, 0.25) is 0 Å². The molecule has 2 saturated heterocycles. The second-order valence-corrected chi connectivity index (χ2v) is 6.94. The highest BCUT2D eigenvalue weighted by atomic mass is 127. The summed E-state index contributed by atoms with van der Waals surface area (Å²) in [5, 5.41) is 8.45. The van der Waals surface area contributed by atoms with E-state index in [2.05, 4.69) is 30.8 Å². The smallest absolute Gasteiger partial charge is 0.322 e. The first-order valence-corrected chi connectivity index (χ1v) is 9.05. The number of aromatic nitrogens is 1. The molecule has 1 unspecified atom stereocenters. The van der Waals surface area contributed by atoms with E-state index < -0.39 is 11.6 Å². The molecule has 3 heterocycles. The van der Waals surface area contributed by atoms with Crippen molar-refractivity contribution in [3.05, 3.63) is 23.9 Å². The number of guanidine groups is 1. The average molecular weight is 502 g/mol. The van der Waals surface area contributed by atoms with Gasteiger partial charge in [0.05, 0.1) is 19.3 Å². The van der Waals surface area contributed by atoms with Crippen molar-refractivity contribution in [2.24, 2.45) is 10.9 Å². The minimum Gasteiger partial charge on any atom is -0.481 e. The standard InChI is InChI=1S/C18H26N6O3.HI/c1-18(15(25)22-17(26)23-18)12-7-9-24(10-8-12)16(19-2)20-11-13-5-4-6-14(21-13)27-3;/h4-6,12H,7-11H2,1-3H3,(H,19,20)(H2,22,23,25,26);1H. The molecule has 2 aliphatic rings. The van der Waals surface area contributed by atoms with E-state index in [4.69, 9.17) is 4.74 Å². The second kappa shape index (κ2) is 9.39. The topological polar surface area (TPSA) is 108 Å². The lowest BCUT2D eigenvalue weighted by molar-refractivity contribution is -0.125. The largest absolute Gasteiger partial charge is 0.481 e. The quantitative estimate of drug-likeness (QED) is 0.246. The van der Waals surface area contributed by atoms with Gasteiger partial charge in [0.25, 0.3) is 5.91 Å². The van der Waals surface area contributed by atoms with Gasteiger partial charge in [0.15, 0.2) is 5.96 Å². The number of amides is 3. The van der Waals surface area contributed by atoms with Crippen LogP contribution in [0.4, 0.5) is 4.79 Å². The fourth-order valence-corrected chi connectivity index (χ4v) is 3.68. The van der Waals surface area contributed by atoms with Crippen LogP contribution >= 0.6 is 24.0 Å². The number of carbonyl (C=O) groups excluding carboxylic acids is 2. The van der Waals surface area contributed by atoms with Gasteiger partial charge in [0.1, 0.15) is 5.54 Å². The van der Waals surface area contributed by atoms with Gasteiger partial charge in [0.2, 0.25) is 5.88 Å². The van der Waals surface area contributed by atoms with Crippen LogP contribution in [0, 0.1) is 5.92 Å². The van der Waals surface area contributed by atoms with Crippen LogP contribution in [0.15, 0.2) is 23.2 Å². The van der Waals surface area contributed by atoms with Crippen molar-refractivity contribution in [2.75, 3.05) is 27.2 Å². The highest BCUT2D eigenvalue weighted by Crippen LogP contribution is 2.30. The molecule has 0 aromatic carbocycles. The number of halogens is 1. The summed E-state index contributed by atoms with van der Waals surface area (Å²) in [6, 6.07) is 5.23. The molecule has 0 spiro atoms. The van der Waals surface area contributed by atoms with Gasteiger partial charge >= 0.3 is 6.03 Å². The molecular formula is C18H27IN6O3. The number of hydrogen-bond donors (Lipinski definition) is 3. The minimum absolute atomic E-state index is 0. The summed E-state index contributed by atoms with van der Waals surface area (Å²) in [5.41, 5.74) is 0.0354. The molecule has 2 fully saturated rings. The molecule has 3 rings (SSSR count). The van der Waals surface area contributed by atoms with Crippen LogP contribution in [-0.2, 0) is 11.3 Å². The van der Waals surface area contributed by atoms with Gasteiger partial charge in [-0.25, -0.2) is 9.78 Å². The van der Waals surface area contributed by atoms with E-state index in [0.717, 1.165) is 37.6 Å². The van der Waals surface area contributed by atoms with Gasteiger partial charge in [0, 0.05) is 26.2 Å². The van der Waals surface area contributed by atoms with Crippen LogP contribution < -0.4 is 20.7 Å². The maximum absolute atomic E-state index is 12.1. The van der Waals surface area contributed by atoms with E-state index in [-0.39, 0.29) is 35.8 Å². The van der Waals surface area contributed by atoms with E-state index in [1.54, 1.807) is 21.1 Å². The van der Waals surface area contributed by atoms with Gasteiger partial charge in [-0.15, -0.1) is 24.0 Å². The van der Waals surface area contributed by atoms with Gasteiger partial charge in [-0.1, -0.05) is 6.07 Å². The predicted octanol–water partition coefficient (Wildman–Crippen LogP) is 1.09. The Hall–Kier alpha value is -2.11. The molecule has 9 nitrogen and oxygen atoms in total. The first kappa shape index (κ1) is 22.2. The van der Waals surface area contributed by atoms with Crippen molar-refractivity contribution in [1.82, 2.24) is 25.8 Å². The third kappa shape index (κ3) is 4.65. The zero-order valence-electron chi connectivity index (χ0n) is 16.3. The number of nitrogens with one attached hydrogen (secondary N) is 3. The second-order valence-electron chi connectivity index (χ2n) is 6.94. The highest BCUT2D eigenvalue weighted by Gasteiger charge is 2.48. The average Bonchev–Trinajstić information content (AvgIpc) is 2.95. The first-order chi connectivity index (χ1) is 13.0. The van der Waals surface area contributed by atoms with Crippen LogP contribution in [-0.4, -0.2) is 60.6 Å². The molecule has 1 aromatic heterocycles. The van der Waals surface area contributed by atoms with E-state index in [0.29, 0.717) is 12.4 Å². The van der Waals surface area contributed by atoms with E-state index in [9.17, 15) is 9.59 Å². The molecule has 10 heteroatoms. The van der Waals surface area contributed by atoms with Crippen LogP contribution in [0.1, 0.15) is 25.5 Å². The van der Waals surface area contributed by atoms with Crippen molar-refractivity contribution in [1.29, 1.82) is 0 Å². The normalized spacial score (nSPS) is 23.0. The first-order valence-electron chi connectivity index (χ1n) is 9.05. The Bertz CT molecular complexity index is 751. The molecule has 0 aliphatic carbocycles. The molecule has 3 amide bonds. The van der Waals surface area contributed by atoms with Crippen LogP contribution in [0.3, 0.4) is 0 Å². The highest BCUT2D eigenvalue weighted by molar-refractivity contribution is 14.0. The number of carbonyl (C=O) groups is 2. The van der Waals surface area contributed by atoms with E-state index in [1.165, 1.54) is 0 Å². The number of piperidine rings is 1. The molecule has 0 bridgehead atoms. The van der Waals surface area contributed by atoms with E-state index in [1.807, 2.05) is 18.2 Å². The summed E-state index contributed by atoms with van der Waals surface area (Å²) in [4.78, 5) is 34.5. The molecule has 1 atom stereocenters. The molecule has 2 aliphatic heterocycles. The van der Waals surface area contributed by atoms with Crippen LogP contribution in [0.25, 0.3) is 0 Å². The summed E-state index contributed by atoms with van der Waals surface area (Å²) in [7, 11) is 3.34. The Morgan fingerprint density at radius 2 is 2.11 bits per heavy atom. The molecule has 154 valence electrons. The lowest BCUT2D eigenvalue weighted by Gasteiger charge is -2.39. The molecule has 0 saturated carbocycles. The molecular weight excluding hydrogens is 475 g/mol. The molecule has 3 N–H and O–H groups in total. The Morgan fingerprint density at radius 1 is 1.39 bits per heavy atom. The monoisotopic (exact) mass is 502 g/mol. The Morgan fingerprint density at radius 3 is 2.68 bits per heavy atom. The summed E-state index contributed by atoms with van der Waals surface area (Å²) in [5.74, 6) is 1.23. The fourth-order valence-electron chi connectivity index (χ4n) is 3.68. The number of nitrogens with zero attached hydrogens (tertiary/aromatic N) is 3. The van der Waals surface area contributed by atoms with Crippen molar-refractivity contribution in [2.45, 2.75) is 31.8 Å². The summed E-state index contributed by atoms with van der Waals surface area (Å²) < 4.78 is 5.15. The molecule has 1 aromatic rings. The van der Waals surface area contributed by atoms with Gasteiger partial charge < -0.3 is 20.3 Å². The maximum atomic E-state index is 12.1. The number of pyridine rings is 1. The third-order valence-corrected chi connectivity index (χ3v) is 5.31. The maximum Gasteiger partial charge on any atom is 0.322 e. The fraction of sp³-hybridized carbons (Fsp3) is 0.556. The number of aliphatic imine (C=N–C) groups is 1. The Kier molecular flexibility index (Phi) is 7.44. The summed E-state index contributed by atoms with van der Waals surface area (Å²) in [6.07, 6.45) is 1.59. The lowest BCUT2D eigenvalue weighted by atomic mass is 9.79. The number of likely N-dealkylation sites (tertiary alicyclic amines) is 1. The zero-order chi connectivity index (χ0) is 19.4. The zero-order valence-corrected chi connectivity index (χ0v) is 18.6. The summed E-state index contributed by atoms with van der Waals surface area (Å²) in [6.45, 7) is 3.86. The van der Waals surface area contributed by atoms with Crippen molar-refractivity contribution >= 4 is 41.9 Å². The number of imide groups is 1. The van der Waals surface area contributed by atoms with Gasteiger partial charge in [-0.05, 0) is 31.7 Å². The Labute approximate surface area is 181 Å². The SMILES string of the molecule is CN=C(NCc1cccc(OC)n1)N1CCC(C2(C)NC(=O)NC2=O)CC1.I. The Balaban J connectivity index is 0.00000280. The van der Waals surface area contributed by atoms with Gasteiger partial charge in [-0.2, -0.15) is 0 Å². The van der Waals surface area contributed by atoms with Crippen molar-refractivity contribution in [3.63, 3.8) is 0 Å². The molecule has 28 heavy (non-hydrogen) atoms. The number of methoxy groups -OCH3 is 1. The number of ether oxygens (including phenoxy) is 1.